The van der Waals surface area contributed by atoms with Crippen molar-refractivity contribution in [3.8, 4) is 0 Å². The summed E-state index contributed by atoms with van der Waals surface area (Å²) >= 11 is 3.83. The second-order valence-corrected chi connectivity index (χ2v) is 9.84. The number of carbonyl (C=O) groups is 1. The van der Waals surface area contributed by atoms with Crippen LogP contribution >= 0.6 is 11.6 Å². The van der Waals surface area contributed by atoms with Gasteiger partial charge < -0.3 is 9.12 Å². The SMILES string of the molecule is CCCCc1ccc(Cn2c(C)nc3ccc(C(=O)N(c4ccc(C)cc4)S(=O)[O-])cc32)c(Cl)c1. The molecular formula is C27H27ClN3O3S-. The largest absolute Gasteiger partial charge is 0.755 e. The number of carbonyl (C=O) groups excluding carboxylic acids is 1. The monoisotopic (exact) mass is 508 g/mol. The summed E-state index contributed by atoms with van der Waals surface area (Å²) < 4.78 is 26.7. The van der Waals surface area contributed by atoms with E-state index in [4.69, 9.17) is 11.6 Å². The summed E-state index contributed by atoms with van der Waals surface area (Å²) in [5.74, 6) is 0.145. The molecule has 35 heavy (non-hydrogen) atoms. The Morgan fingerprint density at radius 2 is 1.83 bits per heavy atom. The van der Waals surface area contributed by atoms with Gasteiger partial charge in [0.05, 0.1) is 34.5 Å². The molecule has 0 N–H and O–H groups in total. The molecule has 0 bridgehead atoms. The first-order valence-electron chi connectivity index (χ1n) is 11.5. The van der Waals surface area contributed by atoms with Gasteiger partial charge in [0.2, 0.25) is 0 Å². The van der Waals surface area contributed by atoms with Crippen LogP contribution in [0.25, 0.3) is 11.0 Å². The highest BCUT2D eigenvalue weighted by molar-refractivity contribution is 7.81. The fourth-order valence-corrected chi connectivity index (χ4v) is 4.87. The molecule has 1 amide bonds. The smallest absolute Gasteiger partial charge is 0.269 e. The molecular weight excluding hydrogens is 482 g/mol. The van der Waals surface area contributed by atoms with Crippen LogP contribution in [0.2, 0.25) is 5.02 Å². The van der Waals surface area contributed by atoms with Crippen molar-refractivity contribution in [3.63, 3.8) is 0 Å². The maximum absolute atomic E-state index is 13.3. The topological polar surface area (TPSA) is 78.3 Å². The van der Waals surface area contributed by atoms with Crippen molar-refractivity contribution < 1.29 is 13.6 Å². The Bertz CT molecular complexity index is 1400. The third kappa shape index (κ3) is 5.48. The lowest BCUT2D eigenvalue weighted by molar-refractivity contribution is 0.100. The number of anilines is 1. The zero-order valence-corrected chi connectivity index (χ0v) is 21.5. The summed E-state index contributed by atoms with van der Waals surface area (Å²) in [6.07, 6.45) is 3.24. The first-order valence-corrected chi connectivity index (χ1v) is 12.9. The average molecular weight is 509 g/mol. The van der Waals surface area contributed by atoms with Crippen molar-refractivity contribution in [1.82, 2.24) is 9.55 Å². The van der Waals surface area contributed by atoms with Crippen LogP contribution in [-0.2, 0) is 24.2 Å². The van der Waals surface area contributed by atoms with Crippen LogP contribution in [-0.4, -0.2) is 24.2 Å². The predicted octanol–water partition coefficient (Wildman–Crippen LogP) is 6.14. The summed E-state index contributed by atoms with van der Waals surface area (Å²) in [5.41, 5.74) is 5.13. The molecule has 0 radical (unpaired) electrons. The van der Waals surface area contributed by atoms with Gasteiger partial charge in [-0.2, -0.15) is 0 Å². The second-order valence-electron chi connectivity index (χ2n) is 8.63. The molecule has 0 aliphatic carbocycles. The molecule has 4 rings (SSSR count). The van der Waals surface area contributed by atoms with E-state index in [1.54, 1.807) is 42.5 Å². The van der Waals surface area contributed by atoms with E-state index < -0.39 is 17.2 Å². The molecule has 1 aromatic heterocycles. The molecule has 8 heteroatoms. The molecule has 0 spiro atoms. The fourth-order valence-electron chi connectivity index (χ4n) is 4.07. The number of halogens is 1. The maximum Gasteiger partial charge on any atom is 0.269 e. The van der Waals surface area contributed by atoms with Crippen molar-refractivity contribution in [3.05, 3.63) is 93.8 Å². The van der Waals surface area contributed by atoms with Crippen LogP contribution in [0.15, 0.2) is 60.7 Å². The average Bonchev–Trinajstić information content (AvgIpc) is 3.14. The Morgan fingerprint density at radius 3 is 2.49 bits per heavy atom. The number of rotatable bonds is 8. The van der Waals surface area contributed by atoms with Gasteiger partial charge in [0.1, 0.15) is 5.82 Å². The molecule has 0 fully saturated rings. The number of imidazole rings is 1. The highest BCUT2D eigenvalue weighted by atomic mass is 35.5. The lowest BCUT2D eigenvalue weighted by Crippen LogP contribution is -2.32. The second kappa shape index (κ2) is 10.7. The molecule has 6 nitrogen and oxygen atoms in total. The summed E-state index contributed by atoms with van der Waals surface area (Å²) in [5, 5.41) is 0.694. The summed E-state index contributed by atoms with van der Waals surface area (Å²) in [4.78, 5) is 17.9. The Hall–Kier alpha value is -3.00. The van der Waals surface area contributed by atoms with Gasteiger partial charge in [-0.05, 0) is 74.2 Å². The first kappa shape index (κ1) is 25.1. The zero-order chi connectivity index (χ0) is 25.1. The van der Waals surface area contributed by atoms with E-state index in [-0.39, 0.29) is 11.3 Å². The van der Waals surface area contributed by atoms with E-state index in [2.05, 4.69) is 18.0 Å². The molecule has 1 atom stereocenters. The van der Waals surface area contributed by atoms with Gasteiger partial charge in [-0.3, -0.25) is 9.00 Å². The van der Waals surface area contributed by atoms with Crippen molar-refractivity contribution in [2.45, 2.75) is 46.6 Å². The van der Waals surface area contributed by atoms with Crippen LogP contribution in [0.1, 0.15) is 52.6 Å². The Balaban J connectivity index is 1.68. The zero-order valence-electron chi connectivity index (χ0n) is 20.0. The minimum Gasteiger partial charge on any atom is -0.755 e. The van der Waals surface area contributed by atoms with Crippen LogP contribution in [0.3, 0.4) is 0 Å². The van der Waals surface area contributed by atoms with E-state index in [1.807, 2.05) is 30.5 Å². The third-order valence-electron chi connectivity index (χ3n) is 6.05. The van der Waals surface area contributed by atoms with E-state index in [0.717, 1.165) is 51.6 Å². The van der Waals surface area contributed by atoms with Gasteiger partial charge in [0, 0.05) is 10.6 Å². The van der Waals surface area contributed by atoms with Crippen LogP contribution in [0, 0.1) is 13.8 Å². The summed E-state index contributed by atoms with van der Waals surface area (Å²) in [6, 6.07) is 17.9. The van der Waals surface area contributed by atoms with Crippen LogP contribution in [0.5, 0.6) is 0 Å². The minimum absolute atomic E-state index is 0.254. The van der Waals surface area contributed by atoms with Gasteiger partial charge >= 0.3 is 0 Å². The molecule has 182 valence electrons. The molecule has 0 aliphatic heterocycles. The van der Waals surface area contributed by atoms with Gasteiger partial charge in [0.25, 0.3) is 5.91 Å². The standard InChI is InChI=1S/C27H28ClN3O3S/c1-4-5-6-20-9-10-22(24(28)15-20)17-30-19(3)29-25-14-11-21(16-26(25)30)27(32)31(35(33)34)23-12-7-18(2)8-13-23/h7-16H,4-6,17H2,1-3H3,(H,33,34)/p-1. The number of fused-ring (bicyclic) bond motifs is 1. The van der Waals surface area contributed by atoms with Crippen LogP contribution in [0.4, 0.5) is 5.69 Å². The molecule has 3 aromatic carbocycles. The number of aromatic nitrogens is 2. The lowest BCUT2D eigenvalue weighted by atomic mass is 10.1. The molecule has 0 aliphatic rings. The van der Waals surface area contributed by atoms with Gasteiger partial charge in [-0.25, -0.2) is 9.29 Å². The van der Waals surface area contributed by atoms with E-state index >= 15 is 0 Å². The van der Waals surface area contributed by atoms with E-state index in [9.17, 15) is 13.6 Å². The summed E-state index contributed by atoms with van der Waals surface area (Å²) in [6.45, 7) is 6.45. The lowest BCUT2D eigenvalue weighted by Gasteiger charge is -2.24. The van der Waals surface area contributed by atoms with Crippen molar-refractivity contribution >= 4 is 45.5 Å². The maximum atomic E-state index is 13.3. The minimum atomic E-state index is -2.77. The van der Waals surface area contributed by atoms with Crippen molar-refractivity contribution in [2.75, 3.05) is 4.31 Å². The Labute approximate surface area is 213 Å². The highest BCUT2D eigenvalue weighted by Gasteiger charge is 2.21. The number of amides is 1. The first-order chi connectivity index (χ1) is 16.8. The Morgan fingerprint density at radius 1 is 1.09 bits per heavy atom. The number of hydrogen-bond donors (Lipinski definition) is 0. The normalized spacial score (nSPS) is 12.1. The highest BCUT2D eigenvalue weighted by Crippen LogP contribution is 2.26. The Kier molecular flexibility index (Phi) is 7.69. The molecule has 4 aromatic rings. The number of aryl methyl sites for hydroxylation is 3. The van der Waals surface area contributed by atoms with Crippen molar-refractivity contribution in [2.24, 2.45) is 0 Å². The molecule has 1 unspecified atom stereocenters. The van der Waals surface area contributed by atoms with Crippen LogP contribution < -0.4 is 4.31 Å². The number of unbranched alkanes of at least 4 members (excludes halogenated alkanes) is 1. The number of nitrogens with zero attached hydrogens (tertiary/aromatic N) is 3. The quantitative estimate of drug-likeness (QED) is 0.268. The van der Waals surface area contributed by atoms with E-state index in [0.29, 0.717) is 11.6 Å². The van der Waals surface area contributed by atoms with E-state index in [1.165, 1.54) is 5.56 Å². The van der Waals surface area contributed by atoms with Gasteiger partial charge in [-0.1, -0.05) is 54.8 Å². The number of benzene rings is 3. The van der Waals surface area contributed by atoms with Crippen molar-refractivity contribution in [1.29, 1.82) is 0 Å². The number of hydrogen-bond acceptors (Lipinski definition) is 4. The summed E-state index contributed by atoms with van der Waals surface area (Å²) in [7, 11) is 0. The van der Waals surface area contributed by atoms with Gasteiger partial charge in [-0.15, -0.1) is 0 Å². The molecule has 0 saturated heterocycles. The fraction of sp³-hybridized carbons (Fsp3) is 0.259. The molecule has 0 saturated carbocycles. The predicted molar refractivity (Wildman–Crippen MR) is 141 cm³/mol. The third-order valence-corrected chi connectivity index (χ3v) is 7.08. The molecule has 1 heterocycles. The van der Waals surface area contributed by atoms with Gasteiger partial charge in [0.15, 0.2) is 0 Å².